The fraction of sp³-hybridized carbons (Fsp3) is 0.905. The Morgan fingerprint density at radius 3 is 2.31 bits per heavy atom. The van der Waals surface area contributed by atoms with E-state index in [2.05, 4.69) is 0 Å². The zero-order valence-corrected chi connectivity index (χ0v) is 16.1. The number of ether oxygens (including phenoxy) is 2. The van der Waals surface area contributed by atoms with Crippen molar-refractivity contribution in [3.8, 4) is 0 Å². The van der Waals surface area contributed by atoms with Crippen LogP contribution in [0.5, 0.6) is 0 Å². The number of rotatable bonds is 7. The molecule has 0 radical (unpaired) electrons. The van der Waals surface area contributed by atoms with Crippen molar-refractivity contribution >= 4 is 11.9 Å². The topological polar surface area (TPSA) is 55.8 Å². The maximum atomic E-state index is 13.7. The van der Waals surface area contributed by atoms with Crippen LogP contribution in [0.4, 0.5) is 0 Å². The van der Waals surface area contributed by atoms with E-state index in [0.29, 0.717) is 32.0 Å². The minimum absolute atomic E-state index is 0.134. The molecule has 0 aromatic carbocycles. The zero-order chi connectivity index (χ0) is 18.1. The summed E-state index contributed by atoms with van der Waals surface area (Å²) in [4.78, 5) is 27.5. The van der Waals surface area contributed by atoms with Crippen molar-refractivity contribution in [2.75, 3.05) is 26.3 Å². The highest BCUT2D eigenvalue weighted by molar-refractivity contribution is 5.84. The summed E-state index contributed by atoms with van der Waals surface area (Å²) < 4.78 is 10.9. The highest BCUT2D eigenvalue weighted by Crippen LogP contribution is 2.60. The third-order valence-electron chi connectivity index (χ3n) is 7.12. The predicted octanol–water partition coefficient (Wildman–Crippen LogP) is 3.16. The molecule has 1 unspecified atom stereocenters. The number of carbonyl (C=O) groups excluding carboxylic acids is 2. The average Bonchev–Trinajstić information content (AvgIpc) is 3.10. The van der Waals surface area contributed by atoms with E-state index in [1.807, 2.05) is 11.8 Å². The van der Waals surface area contributed by atoms with Crippen molar-refractivity contribution in [2.45, 2.75) is 70.8 Å². The predicted molar refractivity (Wildman–Crippen MR) is 97.4 cm³/mol. The van der Waals surface area contributed by atoms with Crippen LogP contribution >= 0.6 is 0 Å². The van der Waals surface area contributed by atoms with Crippen LogP contribution in [0, 0.1) is 23.2 Å². The van der Waals surface area contributed by atoms with Gasteiger partial charge in [-0.25, -0.2) is 0 Å². The van der Waals surface area contributed by atoms with Gasteiger partial charge in [0.05, 0.1) is 24.5 Å². The van der Waals surface area contributed by atoms with E-state index in [9.17, 15) is 9.59 Å². The molecule has 1 atom stereocenters. The molecule has 5 aliphatic rings. The first kappa shape index (κ1) is 18.3. The second-order valence-electron chi connectivity index (χ2n) is 9.14. The molecule has 0 N–H and O–H groups in total. The lowest BCUT2D eigenvalue weighted by Gasteiger charge is -2.56. The van der Waals surface area contributed by atoms with Crippen molar-refractivity contribution in [3.63, 3.8) is 0 Å². The molecule has 4 bridgehead atoms. The Labute approximate surface area is 156 Å². The summed E-state index contributed by atoms with van der Waals surface area (Å²) in [6.07, 6.45) is 9.72. The number of nitrogens with zero attached hydrogens (tertiary/aromatic N) is 1. The number of esters is 1. The van der Waals surface area contributed by atoms with E-state index in [1.165, 1.54) is 19.3 Å². The van der Waals surface area contributed by atoms with E-state index in [0.717, 1.165) is 56.5 Å². The smallest absolute Gasteiger partial charge is 0.307 e. The summed E-state index contributed by atoms with van der Waals surface area (Å²) in [6.45, 7) is 4.12. The summed E-state index contributed by atoms with van der Waals surface area (Å²) in [5.41, 5.74) is -0.151. The molecule has 146 valence electrons. The molecule has 0 aromatic rings. The molecule has 1 heterocycles. The third-order valence-corrected chi connectivity index (χ3v) is 7.12. The largest absolute Gasteiger partial charge is 0.466 e. The van der Waals surface area contributed by atoms with Gasteiger partial charge in [0.1, 0.15) is 0 Å². The van der Waals surface area contributed by atoms with Crippen molar-refractivity contribution in [1.29, 1.82) is 0 Å². The van der Waals surface area contributed by atoms with Gasteiger partial charge in [0, 0.05) is 19.7 Å². The molecule has 26 heavy (non-hydrogen) atoms. The lowest BCUT2D eigenvalue weighted by atomic mass is 9.49. The average molecular weight is 363 g/mol. The van der Waals surface area contributed by atoms with Gasteiger partial charge in [0.15, 0.2) is 0 Å². The number of hydrogen-bond donors (Lipinski definition) is 0. The Balaban J connectivity index is 1.46. The van der Waals surface area contributed by atoms with Gasteiger partial charge < -0.3 is 14.4 Å². The van der Waals surface area contributed by atoms with Gasteiger partial charge in [0.25, 0.3) is 0 Å². The Kier molecular flexibility index (Phi) is 5.27. The molecule has 0 aromatic heterocycles. The van der Waals surface area contributed by atoms with Crippen LogP contribution in [0.3, 0.4) is 0 Å². The molecule has 4 saturated carbocycles. The molecule has 5 rings (SSSR count). The van der Waals surface area contributed by atoms with Crippen LogP contribution in [0.2, 0.25) is 0 Å². The first-order valence-electron chi connectivity index (χ1n) is 10.6. The van der Waals surface area contributed by atoms with Gasteiger partial charge in [-0.15, -0.1) is 0 Å². The fourth-order valence-corrected chi connectivity index (χ4v) is 6.48. The highest BCUT2D eigenvalue weighted by Gasteiger charge is 2.55. The molecular formula is C21H33NO4. The van der Waals surface area contributed by atoms with Gasteiger partial charge in [-0.1, -0.05) is 0 Å². The van der Waals surface area contributed by atoms with Crippen LogP contribution in [-0.4, -0.2) is 49.2 Å². The monoisotopic (exact) mass is 363 g/mol. The first-order chi connectivity index (χ1) is 12.6. The molecule has 0 spiro atoms. The van der Waals surface area contributed by atoms with Gasteiger partial charge in [-0.2, -0.15) is 0 Å². The summed E-state index contributed by atoms with van der Waals surface area (Å²) in [5, 5.41) is 0. The Bertz CT molecular complexity index is 505. The van der Waals surface area contributed by atoms with Gasteiger partial charge >= 0.3 is 5.97 Å². The van der Waals surface area contributed by atoms with E-state index in [-0.39, 0.29) is 17.5 Å². The Morgan fingerprint density at radius 1 is 1.12 bits per heavy atom. The van der Waals surface area contributed by atoms with Gasteiger partial charge in [-0.05, 0) is 76.0 Å². The molecule has 5 fully saturated rings. The lowest BCUT2D eigenvalue weighted by molar-refractivity contribution is -0.160. The molecule has 1 amide bonds. The maximum absolute atomic E-state index is 13.7. The van der Waals surface area contributed by atoms with Crippen molar-refractivity contribution < 1.29 is 19.1 Å². The quantitative estimate of drug-likeness (QED) is 0.652. The van der Waals surface area contributed by atoms with Crippen molar-refractivity contribution in [1.82, 2.24) is 4.90 Å². The maximum Gasteiger partial charge on any atom is 0.307 e. The second kappa shape index (κ2) is 7.49. The summed E-state index contributed by atoms with van der Waals surface area (Å²) in [6, 6.07) is 0. The van der Waals surface area contributed by atoms with Gasteiger partial charge in [0.2, 0.25) is 5.91 Å². The SMILES string of the molecule is CCOC(=O)CCN(CC1CCCO1)C(=O)C12CC3CC(CC(C3)C1)C2. The molecular weight excluding hydrogens is 330 g/mol. The molecule has 1 saturated heterocycles. The summed E-state index contributed by atoms with van der Waals surface area (Å²) in [5.74, 6) is 2.35. The molecule has 5 heteroatoms. The number of carbonyl (C=O) groups is 2. The normalized spacial score (nSPS) is 37.7. The first-order valence-corrected chi connectivity index (χ1v) is 10.6. The van der Waals surface area contributed by atoms with E-state index < -0.39 is 0 Å². The minimum atomic E-state index is -0.205. The van der Waals surface area contributed by atoms with E-state index in [4.69, 9.17) is 9.47 Å². The van der Waals surface area contributed by atoms with Gasteiger partial charge in [-0.3, -0.25) is 9.59 Å². The minimum Gasteiger partial charge on any atom is -0.466 e. The van der Waals surface area contributed by atoms with E-state index >= 15 is 0 Å². The van der Waals surface area contributed by atoms with Crippen LogP contribution in [0.15, 0.2) is 0 Å². The molecule has 1 aliphatic heterocycles. The van der Waals surface area contributed by atoms with Crippen molar-refractivity contribution in [3.05, 3.63) is 0 Å². The summed E-state index contributed by atoms with van der Waals surface area (Å²) >= 11 is 0. The molecule has 4 aliphatic carbocycles. The third kappa shape index (κ3) is 3.64. The lowest BCUT2D eigenvalue weighted by Crippen LogP contribution is -2.55. The Hall–Kier alpha value is -1.10. The highest BCUT2D eigenvalue weighted by atomic mass is 16.5. The van der Waals surface area contributed by atoms with Crippen LogP contribution in [0.1, 0.15) is 64.7 Å². The van der Waals surface area contributed by atoms with Crippen LogP contribution in [0.25, 0.3) is 0 Å². The van der Waals surface area contributed by atoms with Crippen molar-refractivity contribution in [2.24, 2.45) is 23.2 Å². The molecule has 5 nitrogen and oxygen atoms in total. The van der Waals surface area contributed by atoms with Crippen LogP contribution in [-0.2, 0) is 19.1 Å². The van der Waals surface area contributed by atoms with E-state index in [1.54, 1.807) is 0 Å². The fourth-order valence-electron chi connectivity index (χ4n) is 6.48. The zero-order valence-electron chi connectivity index (χ0n) is 16.1. The second-order valence-corrected chi connectivity index (χ2v) is 9.14. The van der Waals surface area contributed by atoms with Crippen LogP contribution < -0.4 is 0 Å². The standard InChI is InChI=1S/C21H33NO4/c1-2-25-19(23)5-6-22(14-18-4-3-7-26-18)20(24)21-11-15-8-16(12-21)10-17(9-15)13-21/h15-18H,2-14H2,1H3. The summed E-state index contributed by atoms with van der Waals surface area (Å²) in [7, 11) is 0. The Morgan fingerprint density at radius 2 is 1.77 bits per heavy atom. The number of hydrogen-bond acceptors (Lipinski definition) is 4. The number of amides is 1.